The number of nitrogens with one attached hydrogen (secondary N) is 1. The first-order valence-electron chi connectivity index (χ1n) is 5.77. The smallest absolute Gasteiger partial charge is 0.233 e. The Balaban J connectivity index is 2.89. The number of amides is 1. The fraction of sp³-hybridized carbons (Fsp3) is 0.462. The van der Waals surface area contributed by atoms with Crippen LogP contribution < -0.4 is 5.32 Å². The summed E-state index contributed by atoms with van der Waals surface area (Å²) < 4.78 is 26.7. The zero-order valence-corrected chi connectivity index (χ0v) is 11.5. The van der Waals surface area contributed by atoms with E-state index in [0.717, 1.165) is 18.2 Å². The molecular formula is C13H17F2NOS. The number of hydrogen-bond donors (Lipinski definition) is 1. The Kier molecular flexibility index (Phi) is 5.59. The molecule has 1 amide bonds. The largest absolute Gasteiger partial charge is 0.348 e. The van der Waals surface area contributed by atoms with Crippen LogP contribution in [0.3, 0.4) is 0 Å². The lowest BCUT2D eigenvalue weighted by Gasteiger charge is -2.20. The van der Waals surface area contributed by atoms with Crippen molar-refractivity contribution in [2.75, 3.05) is 6.26 Å². The predicted molar refractivity (Wildman–Crippen MR) is 70.5 cm³/mol. The SMILES string of the molecule is CC[C@@H](NC(=O)[C@@H](C)SC)c1cc(F)ccc1F. The molecule has 0 spiro atoms. The second-order valence-electron chi connectivity index (χ2n) is 4.01. The van der Waals surface area contributed by atoms with E-state index in [4.69, 9.17) is 0 Å². The lowest BCUT2D eigenvalue weighted by atomic mass is 10.0. The van der Waals surface area contributed by atoms with Crippen molar-refractivity contribution in [1.29, 1.82) is 0 Å². The van der Waals surface area contributed by atoms with Crippen LogP contribution in [0.2, 0.25) is 0 Å². The summed E-state index contributed by atoms with van der Waals surface area (Å²) in [6, 6.07) is 2.78. The molecule has 0 aromatic heterocycles. The van der Waals surface area contributed by atoms with Gasteiger partial charge in [0.15, 0.2) is 0 Å². The number of thioether (sulfide) groups is 1. The van der Waals surface area contributed by atoms with Gasteiger partial charge in [0.05, 0.1) is 11.3 Å². The molecule has 2 atom stereocenters. The van der Waals surface area contributed by atoms with E-state index in [-0.39, 0.29) is 16.7 Å². The zero-order chi connectivity index (χ0) is 13.7. The molecule has 0 aliphatic carbocycles. The number of rotatable bonds is 5. The summed E-state index contributed by atoms with van der Waals surface area (Å²) in [5.41, 5.74) is 0.194. The Labute approximate surface area is 110 Å². The van der Waals surface area contributed by atoms with Gasteiger partial charge in [-0.25, -0.2) is 8.78 Å². The number of halogens is 2. The van der Waals surface area contributed by atoms with Crippen LogP contribution in [0.5, 0.6) is 0 Å². The predicted octanol–water partition coefficient (Wildman–Crippen LogP) is 3.28. The molecule has 0 fully saturated rings. The molecule has 0 heterocycles. The summed E-state index contributed by atoms with van der Waals surface area (Å²) in [6.07, 6.45) is 2.33. The Bertz CT molecular complexity index is 425. The van der Waals surface area contributed by atoms with Gasteiger partial charge in [-0.3, -0.25) is 4.79 Å². The molecule has 18 heavy (non-hydrogen) atoms. The van der Waals surface area contributed by atoms with Crippen LogP contribution in [0, 0.1) is 11.6 Å². The van der Waals surface area contributed by atoms with Crippen LogP contribution in [-0.4, -0.2) is 17.4 Å². The minimum absolute atomic E-state index is 0.169. The normalized spacial score (nSPS) is 14.1. The average Bonchev–Trinajstić information content (AvgIpc) is 2.37. The second-order valence-corrected chi connectivity index (χ2v) is 5.19. The van der Waals surface area contributed by atoms with Crippen molar-refractivity contribution in [3.63, 3.8) is 0 Å². The van der Waals surface area contributed by atoms with Crippen molar-refractivity contribution in [1.82, 2.24) is 5.32 Å². The maximum atomic E-state index is 13.6. The van der Waals surface area contributed by atoms with Crippen molar-refractivity contribution in [2.24, 2.45) is 0 Å². The van der Waals surface area contributed by atoms with Gasteiger partial charge in [-0.1, -0.05) is 6.92 Å². The molecule has 1 N–H and O–H groups in total. The van der Waals surface area contributed by atoms with E-state index >= 15 is 0 Å². The summed E-state index contributed by atoms with van der Waals surface area (Å²) in [4.78, 5) is 11.8. The molecule has 1 aromatic carbocycles. The van der Waals surface area contributed by atoms with Crippen molar-refractivity contribution in [2.45, 2.75) is 31.6 Å². The highest BCUT2D eigenvalue weighted by atomic mass is 32.2. The number of benzene rings is 1. The molecule has 0 aliphatic heterocycles. The van der Waals surface area contributed by atoms with Gasteiger partial charge in [-0.2, -0.15) is 11.8 Å². The van der Waals surface area contributed by atoms with E-state index in [1.54, 1.807) is 6.92 Å². The Morgan fingerprint density at radius 3 is 2.67 bits per heavy atom. The van der Waals surface area contributed by atoms with Crippen molar-refractivity contribution >= 4 is 17.7 Å². The van der Waals surface area contributed by atoms with Gasteiger partial charge < -0.3 is 5.32 Å². The monoisotopic (exact) mass is 273 g/mol. The zero-order valence-electron chi connectivity index (χ0n) is 10.7. The van der Waals surface area contributed by atoms with E-state index in [9.17, 15) is 13.6 Å². The molecule has 0 radical (unpaired) electrons. The third-order valence-corrected chi connectivity index (χ3v) is 3.70. The van der Waals surface area contributed by atoms with Crippen LogP contribution in [-0.2, 0) is 4.79 Å². The minimum Gasteiger partial charge on any atom is -0.348 e. The first-order chi connectivity index (χ1) is 8.49. The molecule has 0 unspecified atom stereocenters. The molecule has 0 saturated heterocycles. The second kappa shape index (κ2) is 6.73. The summed E-state index contributed by atoms with van der Waals surface area (Å²) >= 11 is 1.41. The van der Waals surface area contributed by atoms with Crippen molar-refractivity contribution in [3.8, 4) is 0 Å². The van der Waals surface area contributed by atoms with Crippen LogP contribution in [0.1, 0.15) is 31.9 Å². The van der Waals surface area contributed by atoms with Crippen LogP contribution in [0.15, 0.2) is 18.2 Å². The fourth-order valence-electron chi connectivity index (χ4n) is 1.58. The molecule has 5 heteroatoms. The maximum Gasteiger partial charge on any atom is 0.233 e. The highest BCUT2D eigenvalue weighted by molar-refractivity contribution is 7.99. The van der Waals surface area contributed by atoms with Crippen molar-refractivity contribution in [3.05, 3.63) is 35.4 Å². The molecule has 100 valence electrons. The lowest BCUT2D eigenvalue weighted by molar-refractivity contribution is -0.121. The van der Waals surface area contributed by atoms with Gasteiger partial charge in [-0.15, -0.1) is 0 Å². The van der Waals surface area contributed by atoms with Gasteiger partial charge in [0.1, 0.15) is 11.6 Å². The summed E-state index contributed by atoms with van der Waals surface area (Å²) in [5, 5.41) is 2.52. The molecule has 0 saturated carbocycles. The van der Waals surface area contributed by atoms with Crippen LogP contribution in [0.25, 0.3) is 0 Å². The summed E-state index contributed by atoms with van der Waals surface area (Å²) in [5.74, 6) is -1.17. The number of hydrogen-bond acceptors (Lipinski definition) is 2. The summed E-state index contributed by atoms with van der Waals surface area (Å²) in [7, 11) is 0. The summed E-state index contributed by atoms with van der Waals surface area (Å²) in [6.45, 7) is 3.59. The van der Waals surface area contributed by atoms with Crippen LogP contribution in [0.4, 0.5) is 8.78 Å². The third kappa shape index (κ3) is 3.70. The van der Waals surface area contributed by atoms with E-state index in [2.05, 4.69) is 5.32 Å². The topological polar surface area (TPSA) is 29.1 Å². The van der Waals surface area contributed by atoms with Gasteiger partial charge >= 0.3 is 0 Å². The van der Waals surface area contributed by atoms with E-state index in [1.807, 2.05) is 13.2 Å². The first kappa shape index (κ1) is 15.0. The van der Waals surface area contributed by atoms with Gasteiger partial charge in [-0.05, 0) is 37.8 Å². The molecule has 1 aromatic rings. The highest BCUT2D eigenvalue weighted by Crippen LogP contribution is 2.22. The van der Waals surface area contributed by atoms with Gasteiger partial charge in [0, 0.05) is 5.56 Å². The molecular weight excluding hydrogens is 256 g/mol. The lowest BCUT2D eigenvalue weighted by Crippen LogP contribution is -2.34. The van der Waals surface area contributed by atoms with E-state index in [0.29, 0.717) is 6.42 Å². The highest BCUT2D eigenvalue weighted by Gasteiger charge is 2.20. The molecule has 0 aliphatic rings. The Morgan fingerprint density at radius 1 is 1.44 bits per heavy atom. The molecule has 0 bridgehead atoms. The third-order valence-electron chi connectivity index (χ3n) is 2.78. The average molecular weight is 273 g/mol. The van der Waals surface area contributed by atoms with Crippen molar-refractivity contribution < 1.29 is 13.6 Å². The number of carbonyl (C=O) groups excluding carboxylic acids is 1. The fourth-order valence-corrected chi connectivity index (χ4v) is 1.86. The number of carbonyl (C=O) groups is 1. The standard InChI is InChI=1S/C13H17F2NOS/c1-4-12(16-13(17)8(2)18-3)10-7-9(14)5-6-11(10)15/h5-8,12H,4H2,1-3H3,(H,16,17)/t8-,12-/m1/s1. The molecule has 1 rings (SSSR count). The minimum atomic E-state index is -0.503. The quantitative estimate of drug-likeness (QED) is 0.892. The van der Waals surface area contributed by atoms with Gasteiger partial charge in [0.25, 0.3) is 0 Å². The van der Waals surface area contributed by atoms with E-state index < -0.39 is 17.7 Å². The van der Waals surface area contributed by atoms with E-state index in [1.165, 1.54) is 11.8 Å². The molecule has 2 nitrogen and oxygen atoms in total. The van der Waals surface area contributed by atoms with Gasteiger partial charge in [0.2, 0.25) is 5.91 Å². The Hall–Kier alpha value is -1.10. The maximum absolute atomic E-state index is 13.6. The first-order valence-corrected chi connectivity index (χ1v) is 7.06. The van der Waals surface area contributed by atoms with Crippen LogP contribution >= 0.6 is 11.8 Å². The Morgan fingerprint density at radius 2 is 2.11 bits per heavy atom.